The van der Waals surface area contributed by atoms with Gasteiger partial charge in [0.2, 0.25) is 0 Å². The van der Waals surface area contributed by atoms with Crippen LogP contribution in [0.15, 0.2) is 140 Å². The molecular weight excluding hydrogens is 595 g/mol. The second kappa shape index (κ2) is 11.3. The molecule has 0 aliphatic carbocycles. The minimum atomic E-state index is 0.966. The van der Waals surface area contributed by atoms with E-state index in [9.17, 15) is 0 Å². The molecule has 3 heterocycles. The SMILES string of the molecule is Cc1ccc2ccc3c(-c4cc(C)c(-c5ccc(-c6ccc7c(c6)c6ccccc6n7-c6ccccc6)cc5)c(C)c4)cc(C)nc3c2n1. The second-order valence-corrected chi connectivity index (χ2v) is 13.3. The fourth-order valence-electron chi connectivity index (χ4n) is 7.75. The van der Waals surface area contributed by atoms with E-state index in [2.05, 4.69) is 165 Å². The molecule has 9 rings (SSSR count). The average Bonchev–Trinajstić information content (AvgIpc) is 3.45. The number of aromatic nitrogens is 3. The number of pyridine rings is 2. The molecule has 0 radical (unpaired) electrons. The van der Waals surface area contributed by atoms with Gasteiger partial charge in [0.05, 0.1) is 22.1 Å². The van der Waals surface area contributed by atoms with E-state index in [1.165, 1.54) is 72.0 Å². The Kier molecular flexibility index (Phi) is 6.70. The summed E-state index contributed by atoms with van der Waals surface area (Å²) in [6, 6.07) is 50.7. The molecule has 234 valence electrons. The molecule has 0 aliphatic heterocycles. The first-order valence-electron chi connectivity index (χ1n) is 16.9. The summed E-state index contributed by atoms with van der Waals surface area (Å²) >= 11 is 0. The molecule has 0 bridgehead atoms. The smallest absolute Gasteiger partial charge is 0.0974 e. The Morgan fingerprint density at radius 2 is 1.08 bits per heavy atom. The van der Waals surface area contributed by atoms with Gasteiger partial charge in [-0.25, -0.2) is 0 Å². The van der Waals surface area contributed by atoms with Crippen LogP contribution in [0.2, 0.25) is 0 Å². The summed E-state index contributed by atoms with van der Waals surface area (Å²) in [6.07, 6.45) is 0. The summed E-state index contributed by atoms with van der Waals surface area (Å²) in [6.45, 7) is 8.57. The van der Waals surface area contributed by atoms with Crippen LogP contribution >= 0.6 is 0 Å². The van der Waals surface area contributed by atoms with Gasteiger partial charge in [-0.15, -0.1) is 0 Å². The van der Waals surface area contributed by atoms with Crippen molar-refractivity contribution >= 4 is 43.6 Å². The standard InChI is InChI=1S/C46H35N3/c1-28-24-36(40-26-31(4)48-46-39(40)22-20-34-15-14-30(3)47-45(34)46)25-29(2)44(28)33-18-16-32(17-19-33)35-21-23-43-41(27-35)38-12-8-9-13-42(38)49(43)37-10-6-5-7-11-37/h5-27H,1-4H3. The number of hydrogen-bond acceptors (Lipinski definition) is 2. The van der Waals surface area contributed by atoms with Crippen molar-refractivity contribution in [2.75, 3.05) is 0 Å². The van der Waals surface area contributed by atoms with Gasteiger partial charge in [-0.3, -0.25) is 9.97 Å². The Morgan fingerprint density at radius 3 is 1.88 bits per heavy atom. The van der Waals surface area contributed by atoms with E-state index in [-0.39, 0.29) is 0 Å². The third-order valence-corrected chi connectivity index (χ3v) is 9.94. The van der Waals surface area contributed by atoms with Crippen LogP contribution < -0.4 is 0 Å². The van der Waals surface area contributed by atoms with Gasteiger partial charge in [-0.1, -0.05) is 97.1 Å². The molecular formula is C46H35N3. The van der Waals surface area contributed by atoms with Crippen molar-refractivity contribution < 1.29 is 0 Å². The average molecular weight is 630 g/mol. The van der Waals surface area contributed by atoms with Gasteiger partial charge in [0, 0.05) is 38.6 Å². The number of para-hydroxylation sites is 2. The molecule has 3 aromatic heterocycles. The van der Waals surface area contributed by atoms with E-state index in [1.807, 2.05) is 6.92 Å². The highest BCUT2D eigenvalue weighted by Crippen LogP contribution is 2.39. The number of benzene rings is 6. The molecule has 3 heteroatoms. The van der Waals surface area contributed by atoms with Gasteiger partial charge in [0.25, 0.3) is 0 Å². The third-order valence-electron chi connectivity index (χ3n) is 9.94. The zero-order valence-electron chi connectivity index (χ0n) is 28.1. The zero-order valence-corrected chi connectivity index (χ0v) is 28.1. The van der Waals surface area contributed by atoms with Crippen LogP contribution in [0.25, 0.3) is 82.7 Å². The van der Waals surface area contributed by atoms with Gasteiger partial charge < -0.3 is 4.57 Å². The summed E-state index contributed by atoms with van der Waals surface area (Å²) < 4.78 is 2.36. The lowest BCUT2D eigenvalue weighted by atomic mass is 9.89. The quantitative estimate of drug-likeness (QED) is 0.181. The zero-order chi connectivity index (χ0) is 33.2. The summed E-state index contributed by atoms with van der Waals surface area (Å²) in [5.41, 5.74) is 17.4. The molecule has 6 aromatic carbocycles. The minimum absolute atomic E-state index is 0.966. The van der Waals surface area contributed by atoms with Crippen molar-refractivity contribution in [2.45, 2.75) is 27.7 Å². The highest BCUT2D eigenvalue weighted by molar-refractivity contribution is 6.11. The van der Waals surface area contributed by atoms with Crippen molar-refractivity contribution in [3.05, 3.63) is 162 Å². The molecule has 3 nitrogen and oxygen atoms in total. The van der Waals surface area contributed by atoms with E-state index in [0.29, 0.717) is 0 Å². The van der Waals surface area contributed by atoms with Gasteiger partial charge in [-0.05, 0) is 115 Å². The summed E-state index contributed by atoms with van der Waals surface area (Å²) in [4.78, 5) is 9.83. The van der Waals surface area contributed by atoms with Crippen LogP contribution in [0, 0.1) is 27.7 Å². The van der Waals surface area contributed by atoms with E-state index in [4.69, 9.17) is 9.97 Å². The van der Waals surface area contributed by atoms with Crippen LogP contribution in [-0.4, -0.2) is 14.5 Å². The molecule has 0 aliphatic rings. The molecule has 0 N–H and O–H groups in total. The van der Waals surface area contributed by atoms with Crippen LogP contribution in [0.1, 0.15) is 22.5 Å². The van der Waals surface area contributed by atoms with E-state index < -0.39 is 0 Å². The van der Waals surface area contributed by atoms with Crippen LogP contribution in [0.3, 0.4) is 0 Å². The van der Waals surface area contributed by atoms with Gasteiger partial charge in [-0.2, -0.15) is 0 Å². The maximum absolute atomic E-state index is 4.96. The molecule has 0 saturated carbocycles. The molecule has 0 amide bonds. The van der Waals surface area contributed by atoms with Crippen LogP contribution in [0.5, 0.6) is 0 Å². The molecule has 49 heavy (non-hydrogen) atoms. The first kappa shape index (κ1) is 29.1. The minimum Gasteiger partial charge on any atom is -0.309 e. The normalized spacial score (nSPS) is 11.7. The predicted molar refractivity (Wildman–Crippen MR) is 207 cm³/mol. The van der Waals surface area contributed by atoms with Gasteiger partial charge >= 0.3 is 0 Å². The largest absolute Gasteiger partial charge is 0.309 e. The Hall–Kier alpha value is -6.06. The lowest BCUT2D eigenvalue weighted by Gasteiger charge is -2.16. The first-order chi connectivity index (χ1) is 23.9. The van der Waals surface area contributed by atoms with E-state index in [0.717, 1.165) is 33.2 Å². The Balaban J connectivity index is 1.10. The number of rotatable bonds is 4. The molecule has 0 atom stereocenters. The van der Waals surface area contributed by atoms with Crippen molar-refractivity contribution in [2.24, 2.45) is 0 Å². The lowest BCUT2D eigenvalue weighted by Crippen LogP contribution is -1.95. The Labute approximate surface area is 286 Å². The third kappa shape index (κ3) is 4.81. The monoisotopic (exact) mass is 629 g/mol. The van der Waals surface area contributed by atoms with E-state index >= 15 is 0 Å². The van der Waals surface area contributed by atoms with Crippen molar-refractivity contribution in [3.63, 3.8) is 0 Å². The first-order valence-corrected chi connectivity index (χ1v) is 16.9. The summed E-state index contributed by atoms with van der Waals surface area (Å²) in [7, 11) is 0. The maximum atomic E-state index is 4.96. The lowest BCUT2D eigenvalue weighted by molar-refractivity contribution is 1.18. The van der Waals surface area contributed by atoms with Crippen molar-refractivity contribution in [1.29, 1.82) is 0 Å². The number of fused-ring (bicyclic) bond motifs is 6. The molecule has 9 aromatic rings. The number of nitrogens with zero attached hydrogens (tertiary/aromatic N) is 3. The molecule has 0 spiro atoms. The van der Waals surface area contributed by atoms with Crippen molar-refractivity contribution in [3.8, 4) is 39.1 Å². The van der Waals surface area contributed by atoms with Crippen LogP contribution in [0.4, 0.5) is 0 Å². The predicted octanol–water partition coefficient (Wildman–Crippen LogP) is 12.1. The molecule has 0 saturated heterocycles. The van der Waals surface area contributed by atoms with Crippen LogP contribution in [-0.2, 0) is 0 Å². The fraction of sp³-hybridized carbons (Fsp3) is 0.0870. The maximum Gasteiger partial charge on any atom is 0.0974 e. The Bertz CT molecular complexity index is 2710. The number of aryl methyl sites for hydroxylation is 4. The van der Waals surface area contributed by atoms with Crippen molar-refractivity contribution in [1.82, 2.24) is 14.5 Å². The van der Waals surface area contributed by atoms with Gasteiger partial charge in [0.15, 0.2) is 0 Å². The fourth-order valence-corrected chi connectivity index (χ4v) is 7.75. The molecule has 0 fully saturated rings. The molecule has 0 unspecified atom stereocenters. The second-order valence-electron chi connectivity index (χ2n) is 13.3. The van der Waals surface area contributed by atoms with E-state index in [1.54, 1.807) is 0 Å². The Morgan fingerprint density at radius 1 is 0.429 bits per heavy atom. The number of hydrogen-bond donors (Lipinski definition) is 0. The topological polar surface area (TPSA) is 30.7 Å². The highest BCUT2D eigenvalue weighted by atomic mass is 15.0. The highest BCUT2D eigenvalue weighted by Gasteiger charge is 2.16. The summed E-state index contributed by atoms with van der Waals surface area (Å²) in [5, 5.41) is 4.78. The van der Waals surface area contributed by atoms with Gasteiger partial charge in [0.1, 0.15) is 0 Å². The summed E-state index contributed by atoms with van der Waals surface area (Å²) in [5.74, 6) is 0.